The van der Waals surface area contributed by atoms with Crippen LogP contribution in [0.3, 0.4) is 0 Å². The van der Waals surface area contributed by atoms with Crippen molar-refractivity contribution >= 4 is 40.7 Å². The van der Waals surface area contributed by atoms with Crippen molar-refractivity contribution in [3.05, 3.63) is 76.3 Å². The third-order valence-corrected chi connectivity index (χ3v) is 5.83. The number of aromatic nitrogens is 3. The number of nitrogens with two attached hydrogens (primary N) is 1. The Bertz CT molecular complexity index is 1410. The molecule has 0 atom stereocenters. The van der Waals surface area contributed by atoms with Crippen molar-refractivity contribution in [2.75, 3.05) is 5.32 Å². The van der Waals surface area contributed by atoms with Crippen LogP contribution in [0.15, 0.2) is 54.6 Å². The van der Waals surface area contributed by atoms with Crippen molar-refractivity contribution in [1.82, 2.24) is 19.9 Å². The molecule has 0 radical (unpaired) electrons. The lowest BCUT2D eigenvalue weighted by molar-refractivity contribution is 0.0951. The van der Waals surface area contributed by atoms with E-state index in [2.05, 4.69) is 20.7 Å². The number of amides is 2. The highest BCUT2D eigenvalue weighted by Gasteiger charge is 2.27. The molecule has 2 aromatic carbocycles. The topological polar surface area (TPSA) is 114 Å². The van der Waals surface area contributed by atoms with Crippen molar-refractivity contribution in [2.45, 2.75) is 25.8 Å². The summed E-state index contributed by atoms with van der Waals surface area (Å²) in [4.78, 5) is 29.4. The molecule has 0 saturated heterocycles. The number of nitrogens with one attached hydrogen (secondary N) is 2. The van der Waals surface area contributed by atoms with Crippen molar-refractivity contribution < 1.29 is 9.59 Å². The van der Waals surface area contributed by atoms with Crippen LogP contribution in [0.1, 0.15) is 39.1 Å². The summed E-state index contributed by atoms with van der Waals surface area (Å²) in [7, 11) is 0. The fraction of sp³-hybridized carbons (Fsp3) is 0.167. The summed E-state index contributed by atoms with van der Waals surface area (Å²) in [5.41, 5.74) is 9.51. The molecule has 1 fully saturated rings. The van der Waals surface area contributed by atoms with Crippen LogP contribution in [0, 0.1) is 6.92 Å². The molecule has 5 rings (SSSR count). The fourth-order valence-corrected chi connectivity index (χ4v) is 4.00. The van der Waals surface area contributed by atoms with E-state index in [1.54, 1.807) is 23.6 Å². The predicted molar refractivity (Wildman–Crippen MR) is 127 cm³/mol. The number of carbonyl (C=O) groups is 2. The monoisotopic (exact) mass is 460 g/mol. The summed E-state index contributed by atoms with van der Waals surface area (Å²) < 4.78 is 1.71. The minimum Gasteiger partial charge on any atom is -0.366 e. The zero-order valence-corrected chi connectivity index (χ0v) is 18.6. The molecule has 1 saturated carbocycles. The molecule has 1 aliphatic rings. The average Bonchev–Trinajstić information content (AvgIpc) is 3.49. The van der Waals surface area contributed by atoms with Gasteiger partial charge in [0.2, 0.25) is 11.9 Å². The normalized spacial score (nSPS) is 13.2. The second-order valence-electron chi connectivity index (χ2n) is 8.02. The van der Waals surface area contributed by atoms with Crippen LogP contribution in [0.2, 0.25) is 5.02 Å². The van der Waals surface area contributed by atoms with Gasteiger partial charge in [-0.1, -0.05) is 29.8 Å². The van der Waals surface area contributed by atoms with Crippen molar-refractivity contribution in [2.24, 2.45) is 5.73 Å². The van der Waals surface area contributed by atoms with E-state index in [9.17, 15) is 9.59 Å². The lowest BCUT2D eigenvalue weighted by Gasteiger charge is -2.15. The first kappa shape index (κ1) is 21.0. The molecule has 2 amide bonds. The van der Waals surface area contributed by atoms with E-state index in [-0.39, 0.29) is 11.9 Å². The van der Waals surface area contributed by atoms with Crippen LogP contribution in [0.4, 0.5) is 11.6 Å². The van der Waals surface area contributed by atoms with E-state index in [1.165, 1.54) is 0 Å². The molecule has 8 nitrogen and oxygen atoms in total. The molecule has 4 aromatic rings. The van der Waals surface area contributed by atoms with E-state index in [0.717, 1.165) is 24.1 Å². The Morgan fingerprint density at radius 2 is 1.91 bits per heavy atom. The van der Waals surface area contributed by atoms with E-state index < -0.39 is 5.91 Å². The number of fused-ring (bicyclic) bond motifs is 1. The number of pyridine rings is 1. The summed E-state index contributed by atoms with van der Waals surface area (Å²) in [6.07, 6.45) is 1.90. The number of benzene rings is 2. The quantitative estimate of drug-likeness (QED) is 0.401. The van der Waals surface area contributed by atoms with E-state index >= 15 is 0 Å². The molecular formula is C24H21ClN6O2. The van der Waals surface area contributed by atoms with Crippen molar-refractivity contribution in [3.8, 4) is 11.3 Å². The van der Waals surface area contributed by atoms with Crippen molar-refractivity contribution in [3.63, 3.8) is 0 Å². The van der Waals surface area contributed by atoms with Gasteiger partial charge in [0, 0.05) is 22.2 Å². The number of hydrogen-bond acceptors (Lipinski definition) is 5. The Morgan fingerprint density at radius 3 is 2.64 bits per heavy atom. The van der Waals surface area contributed by atoms with Crippen LogP contribution >= 0.6 is 11.6 Å². The number of nitrogens with zero attached hydrogens (tertiary/aromatic N) is 3. The molecule has 1 aliphatic carbocycles. The second-order valence-corrected chi connectivity index (χ2v) is 8.46. The van der Waals surface area contributed by atoms with Crippen LogP contribution in [-0.2, 0) is 0 Å². The van der Waals surface area contributed by atoms with Gasteiger partial charge in [-0.15, -0.1) is 5.10 Å². The Kier molecular flexibility index (Phi) is 5.22. The SMILES string of the molecule is Cc1c(C(N)=O)ccc(Nc2nc3cccc(-c4cccc(Cl)c4)n3n2)c1C(=O)NC1CC1. The number of primary amides is 1. The van der Waals surface area contributed by atoms with Gasteiger partial charge in [-0.3, -0.25) is 9.59 Å². The number of halogens is 1. The molecule has 0 spiro atoms. The zero-order chi connectivity index (χ0) is 23.1. The van der Waals surface area contributed by atoms with Gasteiger partial charge in [0.05, 0.1) is 16.9 Å². The molecule has 4 N–H and O–H groups in total. The van der Waals surface area contributed by atoms with Gasteiger partial charge in [-0.05, 0) is 61.7 Å². The Labute approximate surface area is 194 Å². The van der Waals surface area contributed by atoms with E-state index in [0.29, 0.717) is 39.0 Å². The molecule has 0 unspecified atom stereocenters. The summed E-state index contributed by atoms with van der Waals surface area (Å²) >= 11 is 6.17. The largest absolute Gasteiger partial charge is 0.366 e. The lowest BCUT2D eigenvalue weighted by Crippen LogP contribution is -2.28. The maximum Gasteiger partial charge on any atom is 0.253 e. The number of carbonyl (C=O) groups excluding carboxylic acids is 2. The van der Waals surface area contributed by atoms with E-state index in [4.69, 9.17) is 17.3 Å². The Balaban J connectivity index is 1.56. The Hall–Kier alpha value is -3.91. The molecule has 2 aromatic heterocycles. The number of anilines is 2. The highest BCUT2D eigenvalue weighted by atomic mass is 35.5. The maximum absolute atomic E-state index is 13.0. The standard InChI is InChI=1S/C24H21ClN6O2/c1-13-17(22(26)32)10-11-18(21(13)23(33)27-16-8-9-16)28-24-29-20-7-3-6-19(31(20)30-24)14-4-2-5-15(25)12-14/h2-7,10-12,16H,8-9H2,1H3,(H2,26,32)(H,27,33)(H,28,30). The van der Waals surface area contributed by atoms with Gasteiger partial charge in [-0.2, -0.15) is 4.98 Å². The third kappa shape index (κ3) is 4.12. The first-order valence-corrected chi connectivity index (χ1v) is 10.9. The highest BCUT2D eigenvalue weighted by molar-refractivity contribution is 6.30. The third-order valence-electron chi connectivity index (χ3n) is 5.60. The van der Waals surface area contributed by atoms with Crippen molar-refractivity contribution in [1.29, 1.82) is 0 Å². The zero-order valence-electron chi connectivity index (χ0n) is 17.8. The molecular weight excluding hydrogens is 440 g/mol. The molecule has 0 bridgehead atoms. The predicted octanol–water partition coefficient (Wildman–Crippen LogP) is 4.09. The number of rotatable bonds is 6. The smallest absolute Gasteiger partial charge is 0.253 e. The molecule has 166 valence electrons. The molecule has 9 heteroatoms. The summed E-state index contributed by atoms with van der Waals surface area (Å²) in [5.74, 6) is -0.531. The van der Waals surface area contributed by atoms with Gasteiger partial charge < -0.3 is 16.4 Å². The van der Waals surface area contributed by atoms with Gasteiger partial charge in [0.15, 0.2) is 5.65 Å². The van der Waals surface area contributed by atoms with Gasteiger partial charge >= 0.3 is 0 Å². The average molecular weight is 461 g/mol. The van der Waals surface area contributed by atoms with Gasteiger partial charge in [0.25, 0.3) is 5.91 Å². The Morgan fingerprint density at radius 1 is 1.12 bits per heavy atom. The molecule has 2 heterocycles. The van der Waals surface area contributed by atoms with Crippen LogP contribution < -0.4 is 16.4 Å². The maximum atomic E-state index is 13.0. The molecule has 0 aliphatic heterocycles. The van der Waals surface area contributed by atoms with E-state index in [1.807, 2.05) is 42.5 Å². The summed E-state index contributed by atoms with van der Waals surface area (Å²) in [5, 5.41) is 11.4. The second kappa shape index (κ2) is 8.22. The highest BCUT2D eigenvalue weighted by Crippen LogP contribution is 2.29. The lowest BCUT2D eigenvalue weighted by atomic mass is 9.99. The minimum atomic E-state index is -0.587. The van der Waals surface area contributed by atoms with Crippen LogP contribution in [0.25, 0.3) is 16.9 Å². The minimum absolute atomic E-state index is 0.163. The fourth-order valence-electron chi connectivity index (χ4n) is 3.81. The summed E-state index contributed by atoms with van der Waals surface area (Å²) in [6.45, 7) is 1.71. The first-order chi connectivity index (χ1) is 15.9. The summed E-state index contributed by atoms with van der Waals surface area (Å²) in [6, 6.07) is 16.6. The number of hydrogen-bond donors (Lipinski definition) is 3. The van der Waals surface area contributed by atoms with Crippen LogP contribution in [0.5, 0.6) is 0 Å². The van der Waals surface area contributed by atoms with Crippen LogP contribution in [-0.4, -0.2) is 32.5 Å². The van der Waals surface area contributed by atoms with Gasteiger partial charge in [0.1, 0.15) is 0 Å². The van der Waals surface area contributed by atoms with Gasteiger partial charge in [-0.25, -0.2) is 4.52 Å². The molecule has 33 heavy (non-hydrogen) atoms. The first-order valence-electron chi connectivity index (χ1n) is 10.5.